The van der Waals surface area contributed by atoms with Crippen molar-refractivity contribution in [1.29, 1.82) is 0 Å². The maximum absolute atomic E-state index is 11.7. The summed E-state index contributed by atoms with van der Waals surface area (Å²) >= 11 is 1.03. The number of hydrogen-bond acceptors (Lipinski definition) is 7. The highest BCUT2D eigenvalue weighted by Gasteiger charge is 2.20. The molecule has 4 N–H and O–H groups in total. The third kappa shape index (κ3) is 4.40. The first kappa shape index (κ1) is 15.2. The van der Waals surface area contributed by atoms with Gasteiger partial charge in [-0.3, -0.25) is 4.79 Å². The maximum atomic E-state index is 11.7. The van der Waals surface area contributed by atoms with Crippen LogP contribution in [0.5, 0.6) is 0 Å². The number of nitrogen functional groups attached to an aromatic ring is 1. The number of ether oxygens (including phenoxy) is 1. The third-order valence-electron chi connectivity index (χ3n) is 2.18. The molecule has 0 spiro atoms. The van der Waals surface area contributed by atoms with Crippen LogP contribution < -0.4 is 16.4 Å². The van der Waals surface area contributed by atoms with Crippen LogP contribution in [0.25, 0.3) is 0 Å². The van der Waals surface area contributed by atoms with Gasteiger partial charge in [0.05, 0.1) is 13.2 Å². The van der Waals surface area contributed by atoms with Crippen molar-refractivity contribution >= 4 is 34.2 Å². The number of rotatable bonds is 7. The number of carbonyl (C=O) groups excluding carboxylic acids is 2. The van der Waals surface area contributed by atoms with E-state index in [1.165, 1.54) is 0 Å². The number of amides is 1. The fraction of sp³-hybridized carbons (Fsp3) is 0.545. The lowest BCUT2D eigenvalue weighted by atomic mass is 10.3. The van der Waals surface area contributed by atoms with E-state index in [0.717, 1.165) is 18.0 Å². The first-order chi connectivity index (χ1) is 9.10. The zero-order valence-corrected chi connectivity index (χ0v) is 11.8. The number of aromatic nitrogens is 1. The monoisotopic (exact) mass is 286 g/mol. The molecule has 1 aromatic rings. The second kappa shape index (κ2) is 7.57. The summed E-state index contributed by atoms with van der Waals surface area (Å²) in [5.74, 6) is -0.575. The third-order valence-corrected chi connectivity index (χ3v) is 3.00. The number of nitrogens with two attached hydrogens (primary N) is 1. The van der Waals surface area contributed by atoms with E-state index >= 15 is 0 Å². The van der Waals surface area contributed by atoms with Crippen molar-refractivity contribution in [3.05, 3.63) is 5.56 Å². The highest BCUT2D eigenvalue weighted by atomic mass is 32.1. The standard InChI is InChI=1S/C11H18N4O3S/c1-3-5-13-7(16)6-14-10-8(9(12)15-19-10)11(17)18-4-2/h14H,3-6H2,1-2H3,(H2,12,15)(H,13,16). The minimum atomic E-state index is -0.537. The van der Waals surface area contributed by atoms with Gasteiger partial charge >= 0.3 is 5.97 Å². The Balaban J connectivity index is 2.64. The van der Waals surface area contributed by atoms with Gasteiger partial charge in [0.15, 0.2) is 5.82 Å². The van der Waals surface area contributed by atoms with Gasteiger partial charge in [-0.05, 0) is 24.9 Å². The van der Waals surface area contributed by atoms with E-state index in [-0.39, 0.29) is 30.4 Å². The number of nitrogens with zero attached hydrogens (tertiary/aromatic N) is 1. The molecular weight excluding hydrogens is 268 g/mol. The summed E-state index contributed by atoms with van der Waals surface area (Å²) in [6.45, 7) is 4.62. The lowest BCUT2D eigenvalue weighted by molar-refractivity contribution is -0.119. The largest absolute Gasteiger partial charge is 0.462 e. The van der Waals surface area contributed by atoms with Gasteiger partial charge in [0, 0.05) is 6.54 Å². The second-order valence-electron chi connectivity index (χ2n) is 3.70. The molecule has 19 heavy (non-hydrogen) atoms. The SMILES string of the molecule is CCCNC(=O)CNc1snc(N)c1C(=O)OCC. The first-order valence-corrected chi connectivity index (χ1v) is 6.80. The average molecular weight is 286 g/mol. The van der Waals surface area contributed by atoms with Gasteiger partial charge < -0.3 is 21.1 Å². The van der Waals surface area contributed by atoms with Crippen molar-refractivity contribution in [2.75, 3.05) is 30.7 Å². The summed E-state index contributed by atoms with van der Waals surface area (Å²) < 4.78 is 8.77. The molecule has 0 aromatic carbocycles. The Kier molecular flexibility index (Phi) is 6.07. The van der Waals surface area contributed by atoms with Crippen molar-refractivity contribution in [2.24, 2.45) is 0 Å². The molecule has 0 aliphatic heterocycles. The van der Waals surface area contributed by atoms with Crippen molar-refractivity contribution < 1.29 is 14.3 Å². The summed E-state index contributed by atoms with van der Waals surface area (Å²) in [7, 11) is 0. The minimum absolute atomic E-state index is 0.0635. The number of hydrogen-bond donors (Lipinski definition) is 3. The van der Waals surface area contributed by atoms with E-state index in [1.807, 2.05) is 6.92 Å². The van der Waals surface area contributed by atoms with Crippen LogP contribution in [0.1, 0.15) is 30.6 Å². The van der Waals surface area contributed by atoms with Crippen LogP contribution in [-0.4, -0.2) is 35.9 Å². The minimum Gasteiger partial charge on any atom is -0.462 e. The molecule has 0 radical (unpaired) electrons. The fourth-order valence-electron chi connectivity index (χ4n) is 1.31. The van der Waals surface area contributed by atoms with Crippen LogP contribution in [0.4, 0.5) is 10.8 Å². The Hall–Kier alpha value is -1.83. The zero-order valence-electron chi connectivity index (χ0n) is 11.0. The predicted octanol–water partition coefficient (Wildman–Crippen LogP) is 0.840. The summed E-state index contributed by atoms with van der Waals surface area (Å²) in [5.41, 5.74) is 5.81. The van der Waals surface area contributed by atoms with E-state index in [0.29, 0.717) is 11.5 Å². The van der Waals surface area contributed by atoms with Gasteiger partial charge in [0.1, 0.15) is 10.6 Å². The second-order valence-corrected chi connectivity index (χ2v) is 4.47. The number of anilines is 2. The predicted molar refractivity (Wildman–Crippen MR) is 74.3 cm³/mol. The Morgan fingerprint density at radius 3 is 2.79 bits per heavy atom. The van der Waals surface area contributed by atoms with Crippen molar-refractivity contribution in [2.45, 2.75) is 20.3 Å². The molecule has 0 saturated carbocycles. The Morgan fingerprint density at radius 1 is 1.42 bits per heavy atom. The number of esters is 1. The Morgan fingerprint density at radius 2 is 2.16 bits per heavy atom. The molecule has 0 unspecified atom stereocenters. The van der Waals surface area contributed by atoms with Gasteiger partial charge in [0.2, 0.25) is 5.91 Å². The van der Waals surface area contributed by atoms with Gasteiger partial charge in [-0.2, -0.15) is 4.37 Å². The van der Waals surface area contributed by atoms with E-state index in [9.17, 15) is 9.59 Å². The van der Waals surface area contributed by atoms with E-state index in [1.54, 1.807) is 6.92 Å². The van der Waals surface area contributed by atoms with Gasteiger partial charge in [-0.25, -0.2) is 4.79 Å². The molecule has 1 heterocycles. The van der Waals surface area contributed by atoms with Gasteiger partial charge in [-0.15, -0.1) is 0 Å². The quantitative estimate of drug-likeness (QED) is 0.641. The lowest BCUT2D eigenvalue weighted by Crippen LogP contribution is -2.30. The Bertz CT molecular complexity index is 447. The van der Waals surface area contributed by atoms with Crippen LogP contribution in [0.2, 0.25) is 0 Å². The molecule has 0 aliphatic carbocycles. The Labute approximate surface area is 115 Å². The molecule has 0 aliphatic rings. The molecular formula is C11H18N4O3S. The molecule has 0 saturated heterocycles. The number of carbonyl (C=O) groups is 2. The van der Waals surface area contributed by atoms with E-state index in [2.05, 4.69) is 15.0 Å². The van der Waals surface area contributed by atoms with Gasteiger partial charge in [0.25, 0.3) is 0 Å². The van der Waals surface area contributed by atoms with E-state index < -0.39 is 5.97 Å². The lowest BCUT2D eigenvalue weighted by Gasteiger charge is -2.07. The summed E-state index contributed by atoms with van der Waals surface area (Å²) in [5, 5.41) is 6.01. The smallest absolute Gasteiger partial charge is 0.344 e. The molecule has 0 fully saturated rings. The molecule has 1 amide bonds. The topological polar surface area (TPSA) is 106 Å². The van der Waals surface area contributed by atoms with Crippen molar-refractivity contribution in [1.82, 2.24) is 9.69 Å². The molecule has 1 aromatic heterocycles. The van der Waals surface area contributed by atoms with Crippen LogP contribution in [0.3, 0.4) is 0 Å². The van der Waals surface area contributed by atoms with Crippen molar-refractivity contribution in [3.63, 3.8) is 0 Å². The highest BCUT2D eigenvalue weighted by Crippen LogP contribution is 2.27. The molecule has 7 nitrogen and oxygen atoms in total. The summed E-state index contributed by atoms with van der Waals surface area (Å²) in [6.07, 6.45) is 0.868. The summed E-state index contributed by atoms with van der Waals surface area (Å²) in [6, 6.07) is 0. The molecule has 106 valence electrons. The molecule has 0 atom stereocenters. The normalized spacial score (nSPS) is 10.0. The van der Waals surface area contributed by atoms with E-state index in [4.69, 9.17) is 10.5 Å². The summed E-state index contributed by atoms with van der Waals surface area (Å²) in [4.78, 5) is 23.1. The van der Waals surface area contributed by atoms with Crippen LogP contribution in [0, 0.1) is 0 Å². The molecule has 8 heteroatoms. The molecule has 1 rings (SSSR count). The molecule has 0 bridgehead atoms. The van der Waals surface area contributed by atoms with Crippen LogP contribution in [-0.2, 0) is 9.53 Å². The number of nitrogens with one attached hydrogen (secondary N) is 2. The van der Waals surface area contributed by atoms with Crippen LogP contribution >= 0.6 is 11.5 Å². The van der Waals surface area contributed by atoms with Gasteiger partial charge in [-0.1, -0.05) is 6.92 Å². The zero-order chi connectivity index (χ0) is 14.3. The first-order valence-electron chi connectivity index (χ1n) is 6.02. The maximum Gasteiger partial charge on any atom is 0.344 e. The van der Waals surface area contributed by atoms with Crippen LogP contribution in [0.15, 0.2) is 0 Å². The average Bonchev–Trinajstić information content (AvgIpc) is 2.75. The highest BCUT2D eigenvalue weighted by molar-refractivity contribution is 7.11. The van der Waals surface area contributed by atoms with Crippen molar-refractivity contribution in [3.8, 4) is 0 Å². The fourth-order valence-corrected chi connectivity index (χ4v) is 2.01.